The average Bonchev–Trinajstić information content (AvgIpc) is 2.73. The van der Waals surface area contributed by atoms with E-state index in [2.05, 4.69) is 19.9 Å². The van der Waals surface area contributed by atoms with Crippen molar-refractivity contribution in [3.8, 4) is 0 Å². The molecule has 0 spiro atoms. The maximum atomic E-state index is 12.9. The smallest absolute Gasteiger partial charge is 0.416 e. The van der Waals surface area contributed by atoms with Crippen LogP contribution < -0.4 is 0 Å². The van der Waals surface area contributed by atoms with E-state index in [1.165, 1.54) is 13.2 Å². The van der Waals surface area contributed by atoms with Gasteiger partial charge in [-0.05, 0) is 23.8 Å². The third kappa shape index (κ3) is 6.46. The highest BCUT2D eigenvalue weighted by molar-refractivity contribution is 6.43. The van der Waals surface area contributed by atoms with Gasteiger partial charge in [0.15, 0.2) is 5.71 Å². The third-order valence-electron chi connectivity index (χ3n) is 3.94. The number of esters is 1. The second kappa shape index (κ2) is 10.2. The maximum Gasteiger partial charge on any atom is 0.416 e. The molecule has 0 heterocycles. The van der Waals surface area contributed by atoms with E-state index in [-0.39, 0.29) is 23.9 Å². The molecule has 12 heteroatoms. The van der Waals surface area contributed by atoms with Gasteiger partial charge in [-0.15, -0.1) is 0 Å². The summed E-state index contributed by atoms with van der Waals surface area (Å²) in [7, 11) is 2.36. The number of alkyl halides is 6. The number of rotatable bonds is 7. The fourth-order valence-electron chi connectivity index (χ4n) is 2.52. The molecule has 0 amide bonds. The Kier molecular flexibility index (Phi) is 7.84. The van der Waals surface area contributed by atoms with Gasteiger partial charge in [0.25, 0.3) is 0 Å². The lowest BCUT2D eigenvalue weighted by molar-refractivity contribution is -0.143. The van der Waals surface area contributed by atoms with Gasteiger partial charge < -0.3 is 14.4 Å². The van der Waals surface area contributed by atoms with Crippen LogP contribution in [0.3, 0.4) is 0 Å². The van der Waals surface area contributed by atoms with E-state index in [0.29, 0.717) is 17.7 Å². The van der Waals surface area contributed by atoms with Crippen molar-refractivity contribution in [1.29, 1.82) is 0 Å². The minimum atomic E-state index is -4.98. The summed E-state index contributed by atoms with van der Waals surface area (Å²) >= 11 is 0. The number of halogens is 6. The normalized spacial score (nSPS) is 12.7. The van der Waals surface area contributed by atoms with Crippen molar-refractivity contribution in [2.45, 2.75) is 19.0 Å². The molecule has 0 N–H and O–H groups in total. The van der Waals surface area contributed by atoms with Crippen LogP contribution in [0.4, 0.5) is 26.3 Å². The summed E-state index contributed by atoms with van der Waals surface area (Å²) in [6.45, 7) is -0.280. The van der Waals surface area contributed by atoms with Gasteiger partial charge in [0.1, 0.15) is 13.7 Å². The van der Waals surface area contributed by atoms with E-state index >= 15 is 0 Å². The summed E-state index contributed by atoms with van der Waals surface area (Å²) in [5, 5.41) is 7.05. The van der Waals surface area contributed by atoms with Gasteiger partial charge in [0, 0.05) is 11.1 Å². The molecule has 0 bridgehead atoms. The largest absolute Gasteiger partial charge is 0.464 e. The highest BCUT2D eigenvalue weighted by Gasteiger charge is 2.36. The molecular weight excluding hydrogens is 446 g/mol. The fourth-order valence-corrected chi connectivity index (χ4v) is 2.52. The number of carbonyl (C=O) groups is 1. The minimum absolute atomic E-state index is 0.0118. The van der Waals surface area contributed by atoms with Crippen LogP contribution in [0.15, 0.2) is 52.8 Å². The third-order valence-corrected chi connectivity index (χ3v) is 3.94. The van der Waals surface area contributed by atoms with E-state index < -0.39 is 35.0 Å². The Bertz CT molecular complexity index is 984. The second-order valence-electron chi connectivity index (χ2n) is 6.12. The van der Waals surface area contributed by atoms with E-state index in [4.69, 9.17) is 4.84 Å². The molecule has 172 valence electrons. The van der Waals surface area contributed by atoms with Gasteiger partial charge in [-0.25, -0.2) is 4.79 Å². The van der Waals surface area contributed by atoms with Crippen molar-refractivity contribution in [2.24, 2.45) is 10.3 Å². The Morgan fingerprint density at radius 2 is 1.56 bits per heavy atom. The standard InChI is InChI=1S/C20H16F6N2O4/c1-30-18(29)17(28-31-2)16-6-4-3-5-13(16)11-32-27-10-12-7-14(19(21,22)23)9-15(8-12)20(24,25)26/h3-10H,11H2,1-2H3/b27-10+,28-17-. The lowest BCUT2D eigenvalue weighted by atomic mass is 10.0. The molecule has 2 aromatic carbocycles. The molecule has 0 atom stereocenters. The Hall–Kier alpha value is -3.57. The molecule has 0 unspecified atom stereocenters. The van der Waals surface area contributed by atoms with Gasteiger partial charge in [-0.3, -0.25) is 0 Å². The molecular formula is C20H16F6N2O4. The number of hydrogen-bond acceptors (Lipinski definition) is 6. The molecule has 0 aliphatic heterocycles. The molecule has 32 heavy (non-hydrogen) atoms. The van der Waals surface area contributed by atoms with E-state index in [0.717, 1.165) is 13.3 Å². The number of methoxy groups -OCH3 is 1. The predicted octanol–water partition coefficient (Wildman–Crippen LogP) is 4.80. The first-order chi connectivity index (χ1) is 15.0. The van der Waals surface area contributed by atoms with Crippen LogP contribution in [0.1, 0.15) is 27.8 Å². The van der Waals surface area contributed by atoms with Gasteiger partial charge in [-0.2, -0.15) is 26.3 Å². The first-order valence-electron chi connectivity index (χ1n) is 8.70. The zero-order valence-corrected chi connectivity index (χ0v) is 16.6. The molecule has 0 saturated heterocycles. The summed E-state index contributed by atoms with van der Waals surface area (Å²) in [5.41, 5.74) is -2.93. The summed E-state index contributed by atoms with van der Waals surface area (Å²) in [4.78, 5) is 21.6. The number of oxime groups is 2. The molecule has 0 saturated carbocycles. The van der Waals surface area contributed by atoms with Crippen LogP contribution >= 0.6 is 0 Å². The van der Waals surface area contributed by atoms with Crippen LogP contribution in [0.2, 0.25) is 0 Å². The summed E-state index contributed by atoms with van der Waals surface area (Å²) in [6.07, 6.45) is -9.24. The van der Waals surface area contributed by atoms with Crippen LogP contribution in [0, 0.1) is 0 Å². The molecule has 2 aromatic rings. The monoisotopic (exact) mass is 462 g/mol. The zero-order valence-electron chi connectivity index (χ0n) is 16.6. The molecule has 0 radical (unpaired) electrons. The Morgan fingerprint density at radius 3 is 2.09 bits per heavy atom. The van der Waals surface area contributed by atoms with Crippen LogP contribution in [0.25, 0.3) is 0 Å². The molecule has 6 nitrogen and oxygen atoms in total. The molecule has 0 aliphatic carbocycles. The fraction of sp³-hybridized carbons (Fsp3) is 0.250. The minimum Gasteiger partial charge on any atom is -0.464 e. The quantitative estimate of drug-likeness (QED) is 0.257. The van der Waals surface area contributed by atoms with Gasteiger partial charge in [-0.1, -0.05) is 34.6 Å². The Labute approximate surface area is 178 Å². The second-order valence-corrected chi connectivity index (χ2v) is 6.12. The summed E-state index contributed by atoms with van der Waals surface area (Å²) in [6, 6.07) is 7.30. The number of carbonyl (C=O) groups excluding carboxylic acids is 1. The highest BCUT2D eigenvalue weighted by atomic mass is 19.4. The molecule has 0 aliphatic rings. The van der Waals surface area contributed by atoms with E-state index in [9.17, 15) is 31.1 Å². The van der Waals surface area contributed by atoms with Crippen molar-refractivity contribution in [2.75, 3.05) is 14.2 Å². The SMILES string of the molecule is CO/N=C(\C(=O)OC)c1ccccc1CO/N=C/c1cc(C(F)(F)F)cc(C(F)(F)F)c1. The van der Waals surface area contributed by atoms with Crippen molar-refractivity contribution < 1.29 is 45.5 Å². The molecule has 0 aromatic heterocycles. The average molecular weight is 462 g/mol. The van der Waals surface area contributed by atoms with Crippen molar-refractivity contribution in [3.63, 3.8) is 0 Å². The van der Waals surface area contributed by atoms with E-state index in [1.807, 2.05) is 0 Å². The Morgan fingerprint density at radius 1 is 0.969 bits per heavy atom. The molecule has 0 fully saturated rings. The summed E-state index contributed by atoms with van der Waals surface area (Å²) < 4.78 is 82.2. The lowest BCUT2D eigenvalue weighted by Crippen LogP contribution is -2.19. The lowest BCUT2D eigenvalue weighted by Gasteiger charge is -2.12. The maximum absolute atomic E-state index is 12.9. The molecule has 2 rings (SSSR count). The number of ether oxygens (including phenoxy) is 1. The van der Waals surface area contributed by atoms with Gasteiger partial charge in [0.2, 0.25) is 0 Å². The van der Waals surface area contributed by atoms with Gasteiger partial charge >= 0.3 is 18.3 Å². The highest BCUT2D eigenvalue weighted by Crippen LogP contribution is 2.36. The van der Waals surface area contributed by atoms with Crippen molar-refractivity contribution in [1.82, 2.24) is 0 Å². The first-order valence-corrected chi connectivity index (χ1v) is 8.70. The van der Waals surface area contributed by atoms with Crippen molar-refractivity contribution in [3.05, 3.63) is 70.3 Å². The van der Waals surface area contributed by atoms with Gasteiger partial charge in [0.05, 0.1) is 24.5 Å². The topological polar surface area (TPSA) is 69.5 Å². The first kappa shape index (κ1) is 24.7. The number of nitrogens with zero attached hydrogens (tertiary/aromatic N) is 2. The Balaban J connectivity index is 2.26. The number of hydrogen-bond donors (Lipinski definition) is 0. The van der Waals surface area contributed by atoms with Crippen molar-refractivity contribution >= 4 is 17.9 Å². The predicted molar refractivity (Wildman–Crippen MR) is 101 cm³/mol. The van der Waals surface area contributed by atoms with Crippen LogP contribution in [0.5, 0.6) is 0 Å². The zero-order chi connectivity index (χ0) is 23.9. The number of benzene rings is 2. The van der Waals surface area contributed by atoms with E-state index in [1.54, 1.807) is 18.2 Å². The van der Waals surface area contributed by atoms with Crippen LogP contribution in [-0.2, 0) is 38.2 Å². The van der Waals surface area contributed by atoms with Crippen LogP contribution in [-0.4, -0.2) is 32.1 Å². The summed E-state index contributed by atoms with van der Waals surface area (Å²) in [5.74, 6) is -0.800.